The Balaban J connectivity index is 1.52. The zero-order chi connectivity index (χ0) is 24.7. The molecule has 2 fully saturated rings. The Kier molecular flexibility index (Phi) is 8.03. The van der Waals surface area contributed by atoms with Crippen LogP contribution in [0.3, 0.4) is 0 Å². The maximum atomic E-state index is 10.7. The number of ether oxygens (including phenoxy) is 4. The zero-order valence-electron chi connectivity index (χ0n) is 17.4. The fourth-order valence-corrected chi connectivity index (χ4v) is 4.59. The summed E-state index contributed by atoms with van der Waals surface area (Å²) in [4.78, 5) is 2.97. The van der Waals surface area contributed by atoms with E-state index in [0.29, 0.717) is 20.4 Å². The van der Waals surface area contributed by atoms with Crippen LogP contribution >= 0.6 is 27.5 Å². The lowest BCUT2D eigenvalue weighted by Gasteiger charge is -2.45. The highest BCUT2D eigenvalue weighted by Gasteiger charge is 2.51. The average molecular weight is 571 g/mol. The van der Waals surface area contributed by atoms with Crippen molar-refractivity contribution in [2.75, 3.05) is 13.2 Å². The highest BCUT2D eigenvalue weighted by Crippen LogP contribution is 2.38. The van der Waals surface area contributed by atoms with Gasteiger partial charge in [0.25, 0.3) is 0 Å². The summed E-state index contributed by atoms with van der Waals surface area (Å²) in [7, 11) is 0. The molecule has 3 heterocycles. The lowest BCUT2D eigenvalue weighted by atomic mass is 9.97. The molecule has 0 bridgehead atoms. The normalized spacial score (nSPS) is 38.9. The van der Waals surface area contributed by atoms with Gasteiger partial charge in [0.15, 0.2) is 6.29 Å². The summed E-state index contributed by atoms with van der Waals surface area (Å²) in [6.07, 6.45) is -13.9. The summed E-state index contributed by atoms with van der Waals surface area (Å²) < 4.78 is 22.8. The van der Waals surface area contributed by atoms with E-state index in [1.807, 2.05) is 0 Å². The van der Waals surface area contributed by atoms with Crippen molar-refractivity contribution in [2.45, 2.75) is 61.4 Å². The molecule has 190 valence electrons. The third-order valence-corrected chi connectivity index (χ3v) is 7.19. The van der Waals surface area contributed by atoms with E-state index >= 15 is 0 Å². The van der Waals surface area contributed by atoms with E-state index in [4.69, 9.17) is 30.5 Å². The van der Waals surface area contributed by atoms with Gasteiger partial charge in [-0.1, -0.05) is 11.6 Å². The molecule has 0 aliphatic carbocycles. The third-order valence-electron chi connectivity index (χ3n) is 5.90. The van der Waals surface area contributed by atoms with Crippen LogP contribution in [0.15, 0.2) is 22.8 Å². The largest absolute Gasteiger partial charge is 0.460 e. The summed E-state index contributed by atoms with van der Waals surface area (Å²) in [6.45, 7) is -1.36. The van der Waals surface area contributed by atoms with Crippen LogP contribution in [0.4, 0.5) is 0 Å². The quantitative estimate of drug-likeness (QED) is 0.203. The number of hydrogen-bond acceptors (Lipinski definition) is 11. The number of hydrogen-bond donors (Lipinski definition) is 8. The van der Waals surface area contributed by atoms with Gasteiger partial charge in [0.05, 0.1) is 29.1 Å². The molecule has 8 N–H and O–H groups in total. The molecule has 14 heteroatoms. The number of halogens is 2. The first kappa shape index (κ1) is 26.0. The van der Waals surface area contributed by atoms with E-state index in [1.165, 1.54) is 6.20 Å². The lowest BCUT2D eigenvalue weighted by Crippen LogP contribution is -2.65. The highest BCUT2D eigenvalue weighted by molar-refractivity contribution is 9.10. The van der Waals surface area contributed by atoms with Crippen molar-refractivity contribution in [2.24, 2.45) is 0 Å². The summed E-state index contributed by atoms with van der Waals surface area (Å²) in [5.41, 5.74) is 0.650. The van der Waals surface area contributed by atoms with Crippen LogP contribution in [0, 0.1) is 0 Å². The first-order valence-corrected chi connectivity index (χ1v) is 11.5. The number of aliphatic hydroxyl groups excluding tert-OH is 7. The minimum atomic E-state index is -1.75. The van der Waals surface area contributed by atoms with Crippen molar-refractivity contribution in [3.8, 4) is 5.75 Å². The summed E-state index contributed by atoms with van der Waals surface area (Å²) >= 11 is 9.68. The van der Waals surface area contributed by atoms with Crippen LogP contribution in [0.1, 0.15) is 0 Å². The molecule has 0 saturated carbocycles. The summed E-state index contributed by atoms with van der Waals surface area (Å²) in [5, 5.41) is 71.5. The molecule has 0 spiro atoms. The first-order valence-electron chi connectivity index (χ1n) is 10.4. The van der Waals surface area contributed by atoms with Crippen LogP contribution in [0.25, 0.3) is 10.9 Å². The molecule has 4 rings (SSSR count). The maximum absolute atomic E-state index is 10.7. The van der Waals surface area contributed by atoms with Crippen LogP contribution in [-0.2, 0) is 14.2 Å². The number of aromatic amines is 1. The van der Waals surface area contributed by atoms with Crippen LogP contribution in [0.2, 0.25) is 5.02 Å². The number of fused-ring (bicyclic) bond motifs is 1. The van der Waals surface area contributed by atoms with Crippen LogP contribution in [-0.4, -0.2) is 115 Å². The number of benzene rings is 1. The van der Waals surface area contributed by atoms with Gasteiger partial charge in [-0.3, -0.25) is 0 Å². The SMILES string of the molecule is OC[C@@H]1O[C@@H](O[C@H]2[C@@H](O)[C@@H](O)[C@H](Oc3c[nH]c4ccc(Br)c(Cl)c34)O[C@@H]2CO)[C@H](O)[C@H](O)[C@@H]1O. The van der Waals surface area contributed by atoms with Crippen molar-refractivity contribution in [3.05, 3.63) is 27.8 Å². The van der Waals surface area contributed by atoms with Gasteiger partial charge in [0.1, 0.15) is 54.6 Å². The molecular formula is C20H25BrClNO11. The second kappa shape index (κ2) is 10.5. The minimum Gasteiger partial charge on any atom is -0.460 e. The van der Waals surface area contributed by atoms with Gasteiger partial charge in [-0.05, 0) is 28.1 Å². The van der Waals surface area contributed by atoms with E-state index < -0.39 is 74.6 Å². The Morgan fingerprint density at radius 1 is 0.882 bits per heavy atom. The van der Waals surface area contributed by atoms with Gasteiger partial charge >= 0.3 is 0 Å². The second-order valence-corrected chi connectivity index (χ2v) is 9.29. The topological polar surface area (TPSA) is 194 Å². The highest BCUT2D eigenvalue weighted by atomic mass is 79.9. The Labute approximate surface area is 206 Å². The number of aromatic nitrogens is 1. The molecule has 2 aromatic rings. The Hall–Kier alpha value is -1.07. The molecule has 34 heavy (non-hydrogen) atoms. The van der Waals surface area contributed by atoms with Crippen molar-refractivity contribution in [3.63, 3.8) is 0 Å². The monoisotopic (exact) mass is 569 g/mol. The Morgan fingerprint density at radius 3 is 2.21 bits per heavy atom. The van der Waals surface area contributed by atoms with Gasteiger partial charge in [-0.2, -0.15) is 0 Å². The molecule has 12 nitrogen and oxygen atoms in total. The van der Waals surface area contributed by atoms with Gasteiger partial charge in [-0.25, -0.2) is 0 Å². The Morgan fingerprint density at radius 2 is 1.53 bits per heavy atom. The molecule has 2 saturated heterocycles. The second-order valence-electron chi connectivity index (χ2n) is 8.06. The van der Waals surface area contributed by atoms with Gasteiger partial charge in [0, 0.05) is 10.7 Å². The minimum absolute atomic E-state index is 0.225. The van der Waals surface area contributed by atoms with Crippen LogP contribution in [0.5, 0.6) is 5.75 Å². The molecule has 0 amide bonds. The van der Waals surface area contributed by atoms with E-state index in [1.54, 1.807) is 12.1 Å². The molecule has 2 aliphatic heterocycles. The van der Waals surface area contributed by atoms with Gasteiger partial charge < -0.3 is 59.7 Å². The number of aliphatic hydroxyl groups is 7. The molecule has 2 aliphatic rings. The predicted octanol–water partition coefficient (Wildman–Crippen LogP) is -1.41. The van der Waals surface area contributed by atoms with E-state index in [9.17, 15) is 35.7 Å². The fourth-order valence-electron chi connectivity index (χ4n) is 4.00. The molecule has 0 radical (unpaired) electrons. The first-order chi connectivity index (χ1) is 16.2. The molecule has 10 atom stereocenters. The molecule has 1 aromatic heterocycles. The fraction of sp³-hybridized carbons (Fsp3) is 0.600. The summed E-state index contributed by atoms with van der Waals surface area (Å²) in [5.74, 6) is 0.225. The van der Waals surface area contributed by atoms with Crippen molar-refractivity contribution in [1.29, 1.82) is 0 Å². The number of nitrogens with one attached hydrogen (secondary N) is 1. The van der Waals surface area contributed by atoms with Crippen molar-refractivity contribution < 1.29 is 54.7 Å². The van der Waals surface area contributed by atoms with Crippen LogP contribution < -0.4 is 4.74 Å². The van der Waals surface area contributed by atoms with E-state index in [0.717, 1.165) is 0 Å². The predicted molar refractivity (Wildman–Crippen MR) is 118 cm³/mol. The van der Waals surface area contributed by atoms with Crippen molar-refractivity contribution in [1.82, 2.24) is 4.98 Å². The maximum Gasteiger partial charge on any atom is 0.229 e. The lowest BCUT2D eigenvalue weighted by molar-refractivity contribution is -0.352. The van der Waals surface area contributed by atoms with E-state index in [2.05, 4.69) is 20.9 Å². The number of H-pyrrole nitrogens is 1. The smallest absolute Gasteiger partial charge is 0.229 e. The molecular weight excluding hydrogens is 546 g/mol. The third kappa shape index (κ3) is 4.68. The van der Waals surface area contributed by atoms with E-state index in [-0.39, 0.29) is 5.75 Å². The Bertz CT molecular complexity index is 991. The standard InChI is InChI=1S/C20H25BrClNO11/c21-6-1-2-7-11(12(6)22)8(3-23-7)31-19-17(30)15(28)18(10(5-25)33-19)34-20-16(29)14(27)13(26)9(4-24)32-20/h1-3,9-10,13-20,23-30H,4-5H2/t9-,10+,13+,14+,15-,16+,17+,18+,19+,20-/m0/s1. The number of rotatable bonds is 6. The van der Waals surface area contributed by atoms with Crippen molar-refractivity contribution >= 4 is 38.4 Å². The summed E-state index contributed by atoms with van der Waals surface area (Å²) in [6, 6.07) is 3.50. The van der Waals surface area contributed by atoms with Gasteiger partial charge in [-0.15, -0.1) is 0 Å². The molecule has 0 unspecified atom stereocenters. The average Bonchev–Trinajstić information content (AvgIpc) is 3.24. The molecule has 1 aromatic carbocycles. The zero-order valence-corrected chi connectivity index (χ0v) is 19.8. The van der Waals surface area contributed by atoms with Gasteiger partial charge in [0.2, 0.25) is 6.29 Å².